The predicted molar refractivity (Wildman–Crippen MR) is 93.6 cm³/mol. The summed E-state index contributed by atoms with van der Waals surface area (Å²) >= 11 is 0. The Balaban J connectivity index is 1.43. The van der Waals surface area contributed by atoms with Crippen molar-refractivity contribution in [3.05, 3.63) is 36.0 Å². The summed E-state index contributed by atoms with van der Waals surface area (Å²) in [6.45, 7) is 7.51. The molecule has 1 atom stereocenters. The van der Waals surface area contributed by atoms with Gasteiger partial charge in [-0.15, -0.1) is 0 Å². The largest absolute Gasteiger partial charge is 0.379 e. The number of aromatic amines is 1. The lowest BCUT2D eigenvalue weighted by Gasteiger charge is -2.39. The number of fused-ring (bicyclic) bond motifs is 1. The van der Waals surface area contributed by atoms with E-state index in [1.54, 1.807) is 0 Å². The molecule has 4 heteroatoms. The Bertz CT molecular complexity index is 632. The maximum absolute atomic E-state index is 5.49. The monoisotopic (exact) mass is 313 g/mol. The predicted octanol–water partition coefficient (Wildman–Crippen LogP) is 2.85. The molecule has 0 spiro atoms. The average Bonchev–Trinajstić information content (AvgIpc) is 3.05. The van der Waals surface area contributed by atoms with Gasteiger partial charge in [-0.3, -0.25) is 9.80 Å². The van der Waals surface area contributed by atoms with Gasteiger partial charge in [0.1, 0.15) is 0 Å². The second-order valence-corrected chi connectivity index (χ2v) is 6.93. The fraction of sp³-hybridized carbons (Fsp3) is 0.579. The van der Waals surface area contributed by atoms with Gasteiger partial charge in [0.2, 0.25) is 0 Å². The Labute approximate surface area is 138 Å². The summed E-state index contributed by atoms with van der Waals surface area (Å²) in [5, 5.41) is 1.32. The van der Waals surface area contributed by atoms with E-state index in [4.69, 9.17) is 4.74 Å². The highest BCUT2D eigenvalue weighted by molar-refractivity contribution is 5.79. The highest BCUT2D eigenvalue weighted by Crippen LogP contribution is 2.22. The van der Waals surface area contributed by atoms with Crippen LogP contribution in [0.25, 0.3) is 10.9 Å². The minimum absolute atomic E-state index is 0.698. The van der Waals surface area contributed by atoms with Crippen LogP contribution in [0.3, 0.4) is 0 Å². The molecule has 4 nitrogen and oxygen atoms in total. The van der Waals surface area contributed by atoms with Gasteiger partial charge in [-0.2, -0.15) is 0 Å². The van der Waals surface area contributed by atoms with Gasteiger partial charge in [0.05, 0.1) is 13.2 Å². The molecular formula is C19H27N3O. The molecule has 1 aromatic heterocycles. The van der Waals surface area contributed by atoms with Gasteiger partial charge in [-0.1, -0.05) is 12.5 Å². The summed E-state index contributed by atoms with van der Waals surface area (Å²) in [4.78, 5) is 8.57. The number of nitrogens with one attached hydrogen (secondary N) is 1. The summed E-state index contributed by atoms with van der Waals surface area (Å²) in [5.74, 6) is 0. The van der Waals surface area contributed by atoms with E-state index in [1.807, 2.05) is 6.20 Å². The van der Waals surface area contributed by atoms with Crippen LogP contribution < -0.4 is 0 Å². The second kappa shape index (κ2) is 7.04. The lowest BCUT2D eigenvalue weighted by Crippen LogP contribution is -2.49. The van der Waals surface area contributed by atoms with Crippen LogP contribution in [-0.2, 0) is 11.3 Å². The number of morpholine rings is 1. The highest BCUT2D eigenvalue weighted by Gasteiger charge is 2.25. The number of nitrogens with zero attached hydrogens (tertiary/aromatic N) is 2. The van der Waals surface area contributed by atoms with Gasteiger partial charge in [-0.25, -0.2) is 0 Å². The van der Waals surface area contributed by atoms with E-state index < -0.39 is 0 Å². The van der Waals surface area contributed by atoms with Crippen molar-refractivity contribution in [2.75, 3.05) is 39.4 Å². The van der Waals surface area contributed by atoms with Crippen LogP contribution in [-0.4, -0.2) is 60.2 Å². The second-order valence-electron chi connectivity index (χ2n) is 6.93. The lowest BCUT2D eigenvalue weighted by molar-refractivity contribution is 0.0153. The van der Waals surface area contributed by atoms with E-state index in [1.165, 1.54) is 48.8 Å². The van der Waals surface area contributed by atoms with Crippen molar-refractivity contribution >= 4 is 10.9 Å². The average molecular weight is 313 g/mol. The van der Waals surface area contributed by atoms with Gasteiger partial charge in [-0.05, 0) is 48.5 Å². The molecule has 2 aliphatic rings. The fourth-order valence-electron chi connectivity index (χ4n) is 3.99. The highest BCUT2D eigenvalue weighted by atomic mass is 16.5. The van der Waals surface area contributed by atoms with Crippen molar-refractivity contribution in [1.29, 1.82) is 0 Å². The number of hydrogen-bond donors (Lipinski definition) is 1. The van der Waals surface area contributed by atoms with Crippen LogP contribution in [0.1, 0.15) is 24.8 Å². The normalized spacial score (nSPS) is 24.3. The van der Waals surface area contributed by atoms with E-state index in [9.17, 15) is 0 Å². The molecule has 23 heavy (non-hydrogen) atoms. The molecule has 0 aliphatic carbocycles. The Hall–Kier alpha value is -1.36. The van der Waals surface area contributed by atoms with Crippen molar-refractivity contribution in [2.24, 2.45) is 0 Å². The minimum Gasteiger partial charge on any atom is -0.379 e. The Morgan fingerprint density at radius 3 is 2.91 bits per heavy atom. The number of piperidine rings is 1. The van der Waals surface area contributed by atoms with Gasteiger partial charge in [0.15, 0.2) is 0 Å². The summed E-state index contributed by atoms with van der Waals surface area (Å²) in [6.07, 6.45) is 6.08. The van der Waals surface area contributed by atoms with Gasteiger partial charge < -0.3 is 9.72 Å². The molecule has 1 N–H and O–H groups in total. The number of hydrogen-bond acceptors (Lipinski definition) is 3. The van der Waals surface area contributed by atoms with Crippen molar-refractivity contribution in [1.82, 2.24) is 14.8 Å². The first-order valence-electron chi connectivity index (χ1n) is 8.99. The first kappa shape index (κ1) is 15.2. The van der Waals surface area contributed by atoms with Crippen molar-refractivity contribution in [3.8, 4) is 0 Å². The molecule has 1 unspecified atom stereocenters. The van der Waals surface area contributed by atoms with Gasteiger partial charge in [0, 0.05) is 43.9 Å². The number of H-pyrrole nitrogens is 1. The smallest absolute Gasteiger partial charge is 0.0594 e. The number of rotatable bonds is 4. The molecule has 0 amide bonds. The van der Waals surface area contributed by atoms with Crippen LogP contribution in [0.4, 0.5) is 0 Å². The summed E-state index contributed by atoms with van der Waals surface area (Å²) < 4.78 is 5.49. The topological polar surface area (TPSA) is 31.5 Å². The number of aromatic nitrogens is 1. The number of benzene rings is 1. The third kappa shape index (κ3) is 3.60. The zero-order chi connectivity index (χ0) is 15.5. The Morgan fingerprint density at radius 1 is 1.09 bits per heavy atom. The van der Waals surface area contributed by atoms with E-state index in [0.29, 0.717) is 6.04 Å². The molecule has 0 saturated carbocycles. The van der Waals surface area contributed by atoms with Crippen LogP contribution in [0, 0.1) is 0 Å². The summed E-state index contributed by atoms with van der Waals surface area (Å²) in [6, 6.07) is 9.70. The molecule has 2 fully saturated rings. The molecule has 4 rings (SSSR count). The van der Waals surface area contributed by atoms with Crippen LogP contribution in [0.2, 0.25) is 0 Å². The third-order valence-corrected chi connectivity index (χ3v) is 5.33. The number of ether oxygens (including phenoxy) is 1. The van der Waals surface area contributed by atoms with E-state index in [2.05, 4.69) is 39.0 Å². The lowest BCUT2D eigenvalue weighted by atomic mass is 10.00. The molecule has 3 heterocycles. The summed E-state index contributed by atoms with van der Waals surface area (Å²) in [5.41, 5.74) is 2.67. The molecular weight excluding hydrogens is 286 g/mol. The molecule has 2 saturated heterocycles. The molecule has 2 aliphatic heterocycles. The molecule has 2 aromatic rings. The first-order valence-corrected chi connectivity index (χ1v) is 8.99. The number of likely N-dealkylation sites (tertiary alicyclic amines) is 1. The minimum atomic E-state index is 0.698. The molecule has 124 valence electrons. The molecule has 0 radical (unpaired) electrons. The zero-order valence-corrected chi connectivity index (χ0v) is 13.8. The SMILES string of the molecule is c1cc2cc(CN3CCCCC3CN3CCOCC3)ccc2[nH]1. The van der Waals surface area contributed by atoms with Crippen LogP contribution in [0.15, 0.2) is 30.5 Å². The van der Waals surface area contributed by atoms with Gasteiger partial charge >= 0.3 is 0 Å². The van der Waals surface area contributed by atoms with Crippen molar-refractivity contribution < 1.29 is 4.74 Å². The third-order valence-electron chi connectivity index (χ3n) is 5.33. The summed E-state index contributed by atoms with van der Waals surface area (Å²) in [7, 11) is 0. The fourth-order valence-corrected chi connectivity index (χ4v) is 3.99. The Morgan fingerprint density at radius 2 is 2.00 bits per heavy atom. The van der Waals surface area contributed by atoms with Crippen molar-refractivity contribution in [2.45, 2.75) is 31.8 Å². The first-order chi connectivity index (χ1) is 11.4. The van der Waals surface area contributed by atoms with E-state index in [0.717, 1.165) is 32.8 Å². The zero-order valence-electron chi connectivity index (χ0n) is 13.8. The van der Waals surface area contributed by atoms with Crippen LogP contribution >= 0.6 is 0 Å². The van der Waals surface area contributed by atoms with E-state index in [-0.39, 0.29) is 0 Å². The maximum Gasteiger partial charge on any atom is 0.0594 e. The van der Waals surface area contributed by atoms with E-state index >= 15 is 0 Å². The molecule has 1 aromatic carbocycles. The standard InChI is InChI=1S/C19H27N3O/c1-2-8-22(18(3-1)15-21-9-11-23-12-10-21)14-16-4-5-19-17(13-16)6-7-20-19/h4-7,13,18,20H,1-3,8-12,14-15H2. The quantitative estimate of drug-likeness (QED) is 0.942. The van der Waals surface area contributed by atoms with Crippen LogP contribution in [0.5, 0.6) is 0 Å². The Kier molecular flexibility index (Phi) is 4.64. The van der Waals surface area contributed by atoms with Gasteiger partial charge in [0.25, 0.3) is 0 Å². The maximum atomic E-state index is 5.49. The molecule has 0 bridgehead atoms. The van der Waals surface area contributed by atoms with Crippen molar-refractivity contribution in [3.63, 3.8) is 0 Å².